The molecule has 2 N–H and O–H groups in total. The van der Waals surface area contributed by atoms with E-state index < -0.39 is 17.2 Å². The lowest BCUT2D eigenvalue weighted by Gasteiger charge is -2.07. The lowest BCUT2D eigenvalue weighted by atomic mass is 10.1. The summed E-state index contributed by atoms with van der Waals surface area (Å²) in [6, 6.07) is 18.7. The van der Waals surface area contributed by atoms with Crippen molar-refractivity contribution in [2.45, 2.75) is 6.92 Å². The molecule has 0 saturated carbocycles. The Morgan fingerprint density at radius 2 is 1.77 bits per heavy atom. The van der Waals surface area contributed by atoms with E-state index in [4.69, 9.17) is 4.52 Å². The minimum absolute atomic E-state index is 0.205. The number of benzene rings is 2. The Hall–Kier alpha value is -3.85. The van der Waals surface area contributed by atoms with E-state index in [9.17, 15) is 15.2 Å². The maximum absolute atomic E-state index is 12.3. The summed E-state index contributed by atoms with van der Waals surface area (Å²) >= 11 is 0. The molecule has 0 unspecified atom stereocenters. The van der Waals surface area contributed by atoms with Gasteiger partial charge in [0, 0.05) is 5.69 Å². The third-order valence-corrected chi connectivity index (χ3v) is 3.83. The average Bonchev–Trinajstić information content (AvgIpc) is 3.09. The van der Waals surface area contributed by atoms with Crippen molar-refractivity contribution in [2.24, 2.45) is 0 Å². The van der Waals surface area contributed by atoms with Gasteiger partial charge in [0.25, 0.3) is 5.91 Å². The zero-order valence-electron chi connectivity index (χ0n) is 13.9. The number of rotatable bonds is 4. The van der Waals surface area contributed by atoms with Gasteiger partial charge in [-0.15, -0.1) is 0 Å². The number of nitrogens with zero attached hydrogens (tertiary/aromatic N) is 2. The minimum atomic E-state index is -0.710. The van der Waals surface area contributed by atoms with Crippen molar-refractivity contribution in [1.82, 2.24) is 5.16 Å². The molecule has 6 nitrogen and oxygen atoms in total. The first kappa shape index (κ1) is 17.0. The number of aryl methyl sites for hydroxylation is 1. The summed E-state index contributed by atoms with van der Waals surface area (Å²) in [4.78, 5) is 12.3. The first-order valence-corrected chi connectivity index (χ1v) is 7.82. The highest BCUT2D eigenvalue weighted by Gasteiger charge is 2.20. The average molecular weight is 345 g/mol. The summed E-state index contributed by atoms with van der Waals surface area (Å²) in [5, 5.41) is 25.6. The molecule has 0 atom stereocenters. The summed E-state index contributed by atoms with van der Waals surface area (Å²) in [5.41, 5.74) is 2.36. The zero-order chi connectivity index (χ0) is 18.5. The molecule has 0 aliphatic heterocycles. The molecule has 128 valence electrons. The Kier molecular flexibility index (Phi) is 4.81. The Labute approximate surface area is 150 Å². The molecule has 1 heterocycles. The molecule has 0 aliphatic carbocycles. The van der Waals surface area contributed by atoms with Crippen LogP contribution in [0.3, 0.4) is 0 Å². The van der Waals surface area contributed by atoms with Crippen LogP contribution >= 0.6 is 0 Å². The molecule has 0 aliphatic rings. The number of carbonyl (C=O) groups excluding carboxylic acids is 1. The third kappa shape index (κ3) is 3.47. The van der Waals surface area contributed by atoms with E-state index in [0.29, 0.717) is 11.4 Å². The predicted octanol–water partition coefficient (Wildman–Crippen LogP) is 4.08. The van der Waals surface area contributed by atoms with Crippen molar-refractivity contribution in [3.63, 3.8) is 0 Å². The highest BCUT2D eigenvalue weighted by molar-refractivity contribution is 6.11. The second-order valence-electron chi connectivity index (χ2n) is 5.53. The van der Waals surface area contributed by atoms with Gasteiger partial charge < -0.3 is 14.9 Å². The Morgan fingerprint density at radius 1 is 1.12 bits per heavy atom. The van der Waals surface area contributed by atoms with Gasteiger partial charge in [-0.3, -0.25) is 4.79 Å². The van der Waals surface area contributed by atoms with Crippen LogP contribution in [0, 0.1) is 18.3 Å². The number of aliphatic hydroxyl groups is 1. The molecule has 1 aromatic heterocycles. The molecule has 2 aromatic carbocycles. The van der Waals surface area contributed by atoms with Gasteiger partial charge in [0.05, 0.1) is 11.8 Å². The number of nitriles is 1. The zero-order valence-corrected chi connectivity index (χ0v) is 13.9. The lowest BCUT2D eigenvalue weighted by Crippen LogP contribution is -2.15. The summed E-state index contributed by atoms with van der Waals surface area (Å²) in [5.74, 6) is -0.863. The number of nitrogens with one attached hydrogen (secondary N) is 1. The smallest absolute Gasteiger partial charge is 0.270 e. The molecule has 26 heavy (non-hydrogen) atoms. The van der Waals surface area contributed by atoms with Gasteiger partial charge >= 0.3 is 0 Å². The molecular formula is C20H15N3O3. The summed E-state index contributed by atoms with van der Waals surface area (Å²) < 4.78 is 4.85. The standard InChI is InChI=1S/C20H15N3O3/c1-13-18(12-22-26-13)19(24)17(11-21)20(25)23-16-9-7-15(8-10-16)14-5-3-2-4-6-14/h2-10,12,24H,1H3,(H,23,25)/b19-17-. The van der Waals surface area contributed by atoms with Crippen LogP contribution in [0.1, 0.15) is 11.3 Å². The van der Waals surface area contributed by atoms with Gasteiger partial charge in [-0.2, -0.15) is 5.26 Å². The quantitative estimate of drug-likeness (QED) is 0.422. The normalized spacial score (nSPS) is 11.4. The van der Waals surface area contributed by atoms with Crippen LogP contribution in [0.4, 0.5) is 5.69 Å². The van der Waals surface area contributed by atoms with Crippen LogP contribution in [-0.2, 0) is 4.79 Å². The second kappa shape index (κ2) is 7.36. The molecular weight excluding hydrogens is 330 g/mol. The van der Waals surface area contributed by atoms with Crippen molar-refractivity contribution in [2.75, 3.05) is 5.32 Å². The van der Waals surface area contributed by atoms with Gasteiger partial charge in [-0.05, 0) is 30.2 Å². The first-order valence-electron chi connectivity index (χ1n) is 7.82. The first-order chi connectivity index (χ1) is 12.6. The molecule has 0 fully saturated rings. The van der Waals surface area contributed by atoms with Gasteiger partial charge in [0.2, 0.25) is 0 Å². The van der Waals surface area contributed by atoms with Crippen molar-refractivity contribution in [3.8, 4) is 17.2 Å². The number of anilines is 1. The SMILES string of the molecule is Cc1oncc1/C(O)=C(\C#N)C(=O)Nc1ccc(-c2ccccc2)cc1. The summed E-state index contributed by atoms with van der Waals surface area (Å²) in [6.45, 7) is 1.58. The van der Waals surface area contributed by atoms with Crippen molar-refractivity contribution < 1.29 is 14.4 Å². The van der Waals surface area contributed by atoms with Crippen LogP contribution in [0.15, 0.2) is 70.9 Å². The molecule has 0 bridgehead atoms. The number of aliphatic hydroxyl groups excluding tert-OH is 1. The highest BCUT2D eigenvalue weighted by Crippen LogP contribution is 2.23. The van der Waals surface area contributed by atoms with Gasteiger partial charge in [-0.1, -0.05) is 47.6 Å². The Morgan fingerprint density at radius 3 is 2.35 bits per heavy atom. The number of hydrogen-bond acceptors (Lipinski definition) is 5. The lowest BCUT2D eigenvalue weighted by molar-refractivity contribution is -0.112. The van der Waals surface area contributed by atoms with Crippen molar-refractivity contribution in [3.05, 3.63) is 77.7 Å². The molecule has 1 amide bonds. The number of carbonyl (C=O) groups is 1. The largest absolute Gasteiger partial charge is 0.506 e. The highest BCUT2D eigenvalue weighted by atomic mass is 16.5. The minimum Gasteiger partial charge on any atom is -0.506 e. The molecule has 0 radical (unpaired) electrons. The Balaban J connectivity index is 1.81. The number of aromatic nitrogens is 1. The maximum Gasteiger partial charge on any atom is 0.270 e. The van der Waals surface area contributed by atoms with Crippen LogP contribution in [0.2, 0.25) is 0 Å². The van der Waals surface area contributed by atoms with Crippen molar-refractivity contribution >= 4 is 17.4 Å². The topological polar surface area (TPSA) is 99.2 Å². The third-order valence-electron chi connectivity index (χ3n) is 3.83. The van der Waals surface area contributed by atoms with Gasteiger partial charge in [0.15, 0.2) is 11.3 Å². The van der Waals surface area contributed by atoms with Gasteiger partial charge in [-0.25, -0.2) is 0 Å². The van der Waals surface area contributed by atoms with Crippen molar-refractivity contribution in [1.29, 1.82) is 5.26 Å². The molecule has 0 saturated heterocycles. The van der Waals surface area contributed by atoms with E-state index in [-0.39, 0.29) is 5.56 Å². The van der Waals surface area contributed by atoms with E-state index in [2.05, 4.69) is 10.5 Å². The molecule has 3 aromatic rings. The van der Waals surface area contributed by atoms with Crippen LogP contribution in [0.5, 0.6) is 0 Å². The predicted molar refractivity (Wildman–Crippen MR) is 96.9 cm³/mol. The van der Waals surface area contributed by atoms with Crippen LogP contribution in [0.25, 0.3) is 16.9 Å². The second-order valence-corrected chi connectivity index (χ2v) is 5.53. The van der Waals surface area contributed by atoms with Crippen LogP contribution < -0.4 is 5.32 Å². The number of amides is 1. The monoisotopic (exact) mass is 345 g/mol. The molecule has 3 rings (SSSR count). The maximum atomic E-state index is 12.3. The van der Waals surface area contributed by atoms with E-state index in [1.54, 1.807) is 25.1 Å². The fraction of sp³-hybridized carbons (Fsp3) is 0.0500. The van der Waals surface area contributed by atoms with E-state index >= 15 is 0 Å². The fourth-order valence-electron chi connectivity index (χ4n) is 2.44. The van der Waals surface area contributed by atoms with Crippen LogP contribution in [-0.4, -0.2) is 16.2 Å². The number of hydrogen-bond donors (Lipinski definition) is 2. The van der Waals surface area contributed by atoms with E-state index in [1.807, 2.05) is 42.5 Å². The van der Waals surface area contributed by atoms with E-state index in [0.717, 1.165) is 11.1 Å². The summed E-state index contributed by atoms with van der Waals surface area (Å²) in [7, 11) is 0. The van der Waals surface area contributed by atoms with E-state index in [1.165, 1.54) is 6.20 Å². The molecule has 6 heteroatoms. The van der Waals surface area contributed by atoms with Gasteiger partial charge in [0.1, 0.15) is 11.8 Å². The Bertz CT molecular complexity index is 997. The molecule has 0 spiro atoms. The summed E-state index contributed by atoms with van der Waals surface area (Å²) in [6.07, 6.45) is 1.25. The fourth-order valence-corrected chi connectivity index (χ4v) is 2.44.